The number of rotatable bonds is 8. The number of amides is 1. The lowest BCUT2D eigenvalue weighted by atomic mass is 10.1. The van der Waals surface area contributed by atoms with Crippen LogP contribution < -0.4 is 14.9 Å². The highest BCUT2D eigenvalue weighted by atomic mass is 16.5. The van der Waals surface area contributed by atoms with Crippen molar-refractivity contribution >= 4 is 12.1 Å². The van der Waals surface area contributed by atoms with Gasteiger partial charge in [0.15, 0.2) is 0 Å². The monoisotopic (exact) mass is 340 g/mol. The third kappa shape index (κ3) is 5.95. The fourth-order valence-electron chi connectivity index (χ4n) is 2.51. The van der Waals surface area contributed by atoms with Crippen molar-refractivity contribution in [3.05, 3.63) is 59.2 Å². The van der Waals surface area contributed by atoms with Crippen LogP contribution in [0.4, 0.5) is 0 Å². The smallest absolute Gasteiger partial charge is 0.240 e. The molecule has 2 aromatic carbocycles. The largest absolute Gasteiger partial charge is 0.497 e. The first kappa shape index (κ1) is 18.5. The predicted octanol–water partition coefficient (Wildman–Crippen LogP) is 3.49. The molecule has 0 heterocycles. The van der Waals surface area contributed by atoms with E-state index in [4.69, 9.17) is 9.47 Å². The summed E-state index contributed by atoms with van der Waals surface area (Å²) in [5.41, 5.74) is 5.73. The van der Waals surface area contributed by atoms with Gasteiger partial charge in [0.25, 0.3) is 0 Å². The number of carbonyl (C=O) groups is 1. The molecular formula is C20H24N2O3. The SMILES string of the molecule is COc1cccc(C=NNC(=O)CCCc2ccc(OC)c(C)c2)c1. The molecule has 0 unspecified atom stereocenters. The van der Waals surface area contributed by atoms with E-state index in [1.54, 1.807) is 20.4 Å². The number of hydrazone groups is 1. The van der Waals surface area contributed by atoms with Gasteiger partial charge in [-0.15, -0.1) is 0 Å². The Balaban J connectivity index is 1.75. The Morgan fingerprint density at radius 1 is 1.16 bits per heavy atom. The van der Waals surface area contributed by atoms with E-state index < -0.39 is 0 Å². The zero-order valence-corrected chi connectivity index (χ0v) is 14.9. The molecule has 0 aliphatic carbocycles. The van der Waals surface area contributed by atoms with Gasteiger partial charge in [-0.2, -0.15) is 5.10 Å². The van der Waals surface area contributed by atoms with E-state index in [0.717, 1.165) is 35.5 Å². The topological polar surface area (TPSA) is 59.9 Å². The molecule has 0 aliphatic rings. The van der Waals surface area contributed by atoms with Gasteiger partial charge < -0.3 is 9.47 Å². The maximum absolute atomic E-state index is 11.8. The number of aryl methyl sites for hydroxylation is 2. The third-order valence-electron chi connectivity index (χ3n) is 3.83. The first-order chi connectivity index (χ1) is 12.1. The first-order valence-corrected chi connectivity index (χ1v) is 8.22. The van der Waals surface area contributed by atoms with E-state index in [0.29, 0.717) is 6.42 Å². The average molecular weight is 340 g/mol. The van der Waals surface area contributed by atoms with Gasteiger partial charge in [0.2, 0.25) is 5.91 Å². The van der Waals surface area contributed by atoms with E-state index in [1.807, 2.05) is 43.3 Å². The minimum Gasteiger partial charge on any atom is -0.497 e. The zero-order chi connectivity index (χ0) is 18.1. The fraction of sp³-hybridized carbons (Fsp3) is 0.300. The molecule has 0 aliphatic heterocycles. The zero-order valence-electron chi connectivity index (χ0n) is 14.9. The van der Waals surface area contributed by atoms with Gasteiger partial charge in [-0.05, 0) is 54.7 Å². The van der Waals surface area contributed by atoms with Crippen LogP contribution in [0.25, 0.3) is 0 Å². The van der Waals surface area contributed by atoms with Gasteiger partial charge in [-0.1, -0.05) is 24.3 Å². The van der Waals surface area contributed by atoms with Crippen molar-refractivity contribution in [2.75, 3.05) is 14.2 Å². The Morgan fingerprint density at radius 3 is 2.72 bits per heavy atom. The van der Waals surface area contributed by atoms with Crippen molar-refractivity contribution in [1.29, 1.82) is 0 Å². The molecule has 25 heavy (non-hydrogen) atoms. The molecule has 2 aromatic rings. The summed E-state index contributed by atoms with van der Waals surface area (Å²) in [4.78, 5) is 11.8. The van der Waals surface area contributed by atoms with Crippen LogP contribution in [0.5, 0.6) is 11.5 Å². The van der Waals surface area contributed by atoms with Crippen molar-refractivity contribution < 1.29 is 14.3 Å². The normalized spacial score (nSPS) is 10.7. The summed E-state index contributed by atoms with van der Waals surface area (Å²) in [6.45, 7) is 2.02. The summed E-state index contributed by atoms with van der Waals surface area (Å²) in [5.74, 6) is 1.54. The van der Waals surface area contributed by atoms with Gasteiger partial charge in [-0.3, -0.25) is 4.79 Å². The summed E-state index contributed by atoms with van der Waals surface area (Å²) in [6, 6.07) is 13.6. The standard InChI is InChI=1S/C20H24N2O3/c1-15-12-16(10-11-19(15)25-3)6-5-9-20(23)22-21-14-17-7-4-8-18(13-17)24-2/h4,7-8,10-14H,5-6,9H2,1-3H3,(H,22,23). The molecule has 1 amide bonds. The maximum Gasteiger partial charge on any atom is 0.240 e. The second-order valence-corrected chi connectivity index (χ2v) is 5.73. The molecule has 132 valence electrons. The van der Waals surface area contributed by atoms with Crippen LogP contribution in [0, 0.1) is 6.92 Å². The van der Waals surface area contributed by atoms with E-state index in [1.165, 1.54) is 5.56 Å². The molecule has 0 spiro atoms. The second kappa shape index (κ2) is 9.47. The molecule has 0 bridgehead atoms. The summed E-state index contributed by atoms with van der Waals surface area (Å²) in [7, 11) is 3.28. The Bertz CT molecular complexity index is 741. The van der Waals surface area contributed by atoms with Gasteiger partial charge in [-0.25, -0.2) is 5.43 Å². The van der Waals surface area contributed by atoms with Gasteiger partial charge >= 0.3 is 0 Å². The highest BCUT2D eigenvalue weighted by Gasteiger charge is 2.03. The predicted molar refractivity (Wildman–Crippen MR) is 99.4 cm³/mol. The lowest BCUT2D eigenvalue weighted by Gasteiger charge is -2.07. The van der Waals surface area contributed by atoms with Crippen LogP contribution in [0.15, 0.2) is 47.6 Å². The molecule has 0 aromatic heterocycles. The number of carbonyl (C=O) groups excluding carboxylic acids is 1. The van der Waals surface area contributed by atoms with Gasteiger partial charge in [0, 0.05) is 6.42 Å². The van der Waals surface area contributed by atoms with Crippen LogP contribution in [0.1, 0.15) is 29.5 Å². The van der Waals surface area contributed by atoms with E-state index in [2.05, 4.69) is 16.6 Å². The third-order valence-corrected chi connectivity index (χ3v) is 3.83. The number of benzene rings is 2. The fourth-order valence-corrected chi connectivity index (χ4v) is 2.51. The lowest BCUT2D eigenvalue weighted by Crippen LogP contribution is -2.17. The van der Waals surface area contributed by atoms with Crippen LogP contribution in [0.2, 0.25) is 0 Å². The van der Waals surface area contributed by atoms with Crippen LogP contribution in [0.3, 0.4) is 0 Å². The minimum atomic E-state index is -0.0932. The summed E-state index contributed by atoms with van der Waals surface area (Å²) < 4.78 is 10.4. The Kier molecular flexibility index (Phi) is 7.01. The Morgan fingerprint density at radius 2 is 2.00 bits per heavy atom. The van der Waals surface area contributed by atoms with Gasteiger partial charge in [0.1, 0.15) is 11.5 Å². The molecule has 1 N–H and O–H groups in total. The number of hydrogen-bond acceptors (Lipinski definition) is 4. The summed E-state index contributed by atoms with van der Waals surface area (Å²) >= 11 is 0. The molecule has 2 rings (SSSR count). The van der Waals surface area contributed by atoms with Crippen LogP contribution in [-0.2, 0) is 11.2 Å². The highest BCUT2D eigenvalue weighted by molar-refractivity contribution is 5.82. The number of nitrogens with one attached hydrogen (secondary N) is 1. The molecule has 0 saturated carbocycles. The highest BCUT2D eigenvalue weighted by Crippen LogP contribution is 2.19. The van der Waals surface area contributed by atoms with Crippen molar-refractivity contribution in [2.24, 2.45) is 5.10 Å². The molecule has 5 heteroatoms. The Hall–Kier alpha value is -2.82. The molecular weight excluding hydrogens is 316 g/mol. The molecule has 0 radical (unpaired) electrons. The van der Waals surface area contributed by atoms with Gasteiger partial charge in [0.05, 0.1) is 20.4 Å². The first-order valence-electron chi connectivity index (χ1n) is 8.22. The lowest BCUT2D eigenvalue weighted by molar-refractivity contribution is -0.121. The number of nitrogens with zero attached hydrogens (tertiary/aromatic N) is 1. The van der Waals surface area contributed by atoms with Crippen molar-refractivity contribution in [2.45, 2.75) is 26.2 Å². The van der Waals surface area contributed by atoms with Crippen LogP contribution in [-0.4, -0.2) is 26.3 Å². The Labute approximate surface area is 148 Å². The maximum atomic E-state index is 11.8. The average Bonchev–Trinajstić information content (AvgIpc) is 2.62. The summed E-state index contributed by atoms with van der Waals surface area (Å²) in [6.07, 6.45) is 3.65. The number of ether oxygens (including phenoxy) is 2. The molecule has 5 nitrogen and oxygen atoms in total. The van der Waals surface area contributed by atoms with Crippen molar-refractivity contribution in [3.63, 3.8) is 0 Å². The number of methoxy groups -OCH3 is 2. The van der Waals surface area contributed by atoms with E-state index >= 15 is 0 Å². The minimum absolute atomic E-state index is 0.0932. The number of hydrogen-bond donors (Lipinski definition) is 1. The van der Waals surface area contributed by atoms with E-state index in [-0.39, 0.29) is 5.91 Å². The second-order valence-electron chi connectivity index (χ2n) is 5.73. The molecule has 0 atom stereocenters. The van der Waals surface area contributed by atoms with E-state index in [9.17, 15) is 4.79 Å². The molecule has 0 fully saturated rings. The van der Waals surface area contributed by atoms with Crippen molar-refractivity contribution in [3.8, 4) is 11.5 Å². The van der Waals surface area contributed by atoms with Crippen LogP contribution >= 0.6 is 0 Å². The molecule has 0 saturated heterocycles. The summed E-state index contributed by atoms with van der Waals surface area (Å²) in [5, 5.41) is 3.98. The van der Waals surface area contributed by atoms with Crippen molar-refractivity contribution in [1.82, 2.24) is 5.43 Å². The quantitative estimate of drug-likeness (QED) is 0.591.